The van der Waals surface area contributed by atoms with Crippen LogP contribution in [0.25, 0.3) is 0 Å². The highest BCUT2D eigenvalue weighted by atomic mass is 16.6. The van der Waals surface area contributed by atoms with Crippen molar-refractivity contribution in [3.05, 3.63) is 29.8 Å². The van der Waals surface area contributed by atoms with E-state index in [4.69, 9.17) is 14.5 Å². The molecule has 0 radical (unpaired) electrons. The van der Waals surface area contributed by atoms with Gasteiger partial charge in [0.1, 0.15) is 5.75 Å². The van der Waals surface area contributed by atoms with Crippen molar-refractivity contribution in [2.24, 2.45) is 4.99 Å². The number of benzene rings is 1. The van der Waals surface area contributed by atoms with Crippen LogP contribution in [-0.4, -0.2) is 55.8 Å². The second-order valence-corrected chi connectivity index (χ2v) is 6.38. The Morgan fingerprint density at radius 3 is 2.67 bits per heavy atom. The summed E-state index contributed by atoms with van der Waals surface area (Å²) in [6, 6.07) is 8.31. The molecular formula is C20H32N4O3. The molecule has 7 heteroatoms. The Hall–Kier alpha value is -2.44. The molecule has 1 amide bonds. The van der Waals surface area contributed by atoms with Crippen molar-refractivity contribution in [1.29, 1.82) is 0 Å². The van der Waals surface area contributed by atoms with Gasteiger partial charge >= 0.3 is 6.09 Å². The lowest BCUT2D eigenvalue weighted by atomic mass is 10.1. The first-order valence-electron chi connectivity index (χ1n) is 9.84. The van der Waals surface area contributed by atoms with Gasteiger partial charge in [-0.15, -0.1) is 0 Å². The van der Waals surface area contributed by atoms with Crippen LogP contribution in [0.3, 0.4) is 0 Å². The second kappa shape index (κ2) is 11.3. The Bertz CT molecular complexity index is 613. The minimum atomic E-state index is -0.217. The number of nitrogens with zero attached hydrogens (tertiary/aromatic N) is 2. The molecular weight excluding hydrogens is 344 g/mol. The molecule has 7 nitrogen and oxygen atoms in total. The van der Waals surface area contributed by atoms with Crippen LogP contribution in [0, 0.1) is 0 Å². The first-order chi connectivity index (χ1) is 13.2. The number of hydrogen-bond acceptors (Lipinski definition) is 4. The third-order valence-electron chi connectivity index (χ3n) is 4.34. The molecule has 0 bridgehead atoms. The largest absolute Gasteiger partial charge is 0.494 e. The molecule has 2 rings (SSSR count). The van der Waals surface area contributed by atoms with Crippen molar-refractivity contribution >= 4 is 12.1 Å². The highest BCUT2D eigenvalue weighted by Gasteiger charge is 2.24. The van der Waals surface area contributed by atoms with Crippen molar-refractivity contribution in [2.45, 2.75) is 46.2 Å². The van der Waals surface area contributed by atoms with E-state index in [0.29, 0.717) is 38.9 Å². The number of guanidine groups is 1. The molecule has 150 valence electrons. The fourth-order valence-corrected chi connectivity index (χ4v) is 3.01. The Labute approximate surface area is 162 Å². The van der Waals surface area contributed by atoms with Gasteiger partial charge in [-0.1, -0.05) is 12.1 Å². The SMILES string of the molecule is CCNC(=NCc1cccc(OCC)c1)NC1CCN(C(=O)OCC)CC1. The summed E-state index contributed by atoms with van der Waals surface area (Å²) < 4.78 is 10.6. The first-order valence-corrected chi connectivity index (χ1v) is 9.84. The van der Waals surface area contributed by atoms with Gasteiger partial charge in [0, 0.05) is 25.7 Å². The van der Waals surface area contributed by atoms with Gasteiger partial charge in [0.15, 0.2) is 5.96 Å². The second-order valence-electron chi connectivity index (χ2n) is 6.38. The number of amides is 1. The van der Waals surface area contributed by atoms with Crippen LogP contribution >= 0.6 is 0 Å². The molecule has 1 heterocycles. The fraction of sp³-hybridized carbons (Fsp3) is 0.600. The molecule has 1 aromatic rings. The average Bonchev–Trinajstić information content (AvgIpc) is 2.68. The Morgan fingerprint density at radius 1 is 1.22 bits per heavy atom. The quantitative estimate of drug-likeness (QED) is 0.565. The molecule has 2 N–H and O–H groups in total. The Balaban J connectivity index is 1.89. The zero-order valence-electron chi connectivity index (χ0n) is 16.7. The van der Waals surface area contributed by atoms with E-state index in [0.717, 1.165) is 36.7 Å². The van der Waals surface area contributed by atoms with Gasteiger partial charge in [-0.3, -0.25) is 0 Å². The van der Waals surface area contributed by atoms with Gasteiger partial charge in [0.05, 0.1) is 19.8 Å². The van der Waals surface area contributed by atoms with E-state index in [1.165, 1.54) is 0 Å². The molecule has 0 unspecified atom stereocenters. The van der Waals surface area contributed by atoms with Crippen LogP contribution in [0.2, 0.25) is 0 Å². The van der Waals surface area contributed by atoms with E-state index in [9.17, 15) is 4.79 Å². The zero-order valence-corrected chi connectivity index (χ0v) is 16.7. The number of rotatable bonds is 7. The molecule has 1 saturated heterocycles. The number of carbonyl (C=O) groups excluding carboxylic acids is 1. The van der Waals surface area contributed by atoms with Crippen molar-refractivity contribution in [3.8, 4) is 5.75 Å². The number of ether oxygens (including phenoxy) is 2. The van der Waals surface area contributed by atoms with Crippen molar-refractivity contribution in [2.75, 3.05) is 32.8 Å². The van der Waals surface area contributed by atoms with E-state index < -0.39 is 0 Å². The average molecular weight is 377 g/mol. The minimum Gasteiger partial charge on any atom is -0.494 e. The number of aliphatic imine (C=N–C) groups is 1. The van der Waals surface area contributed by atoms with E-state index in [-0.39, 0.29) is 6.09 Å². The molecule has 0 spiro atoms. The van der Waals surface area contributed by atoms with E-state index in [1.54, 1.807) is 4.90 Å². The lowest BCUT2D eigenvalue weighted by Crippen LogP contribution is -2.49. The lowest BCUT2D eigenvalue weighted by Gasteiger charge is -2.32. The maximum absolute atomic E-state index is 11.8. The highest BCUT2D eigenvalue weighted by Crippen LogP contribution is 2.14. The first kappa shape index (κ1) is 20.9. The Morgan fingerprint density at radius 2 is 2.00 bits per heavy atom. The highest BCUT2D eigenvalue weighted by molar-refractivity contribution is 5.80. The topological polar surface area (TPSA) is 75.2 Å². The van der Waals surface area contributed by atoms with Crippen molar-refractivity contribution < 1.29 is 14.3 Å². The van der Waals surface area contributed by atoms with Gasteiger partial charge in [-0.2, -0.15) is 0 Å². The third-order valence-corrected chi connectivity index (χ3v) is 4.34. The van der Waals surface area contributed by atoms with Crippen LogP contribution < -0.4 is 15.4 Å². The van der Waals surface area contributed by atoms with E-state index in [2.05, 4.69) is 17.6 Å². The number of carbonyl (C=O) groups is 1. The molecule has 0 aliphatic carbocycles. The molecule has 1 aliphatic heterocycles. The van der Waals surface area contributed by atoms with Gasteiger partial charge in [-0.25, -0.2) is 9.79 Å². The van der Waals surface area contributed by atoms with Crippen LogP contribution in [0.1, 0.15) is 39.2 Å². The molecule has 1 aliphatic rings. The summed E-state index contributed by atoms with van der Waals surface area (Å²) >= 11 is 0. The van der Waals surface area contributed by atoms with Crippen molar-refractivity contribution in [1.82, 2.24) is 15.5 Å². The molecule has 27 heavy (non-hydrogen) atoms. The molecule has 0 aromatic heterocycles. The lowest BCUT2D eigenvalue weighted by molar-refractivity contribution is 0.0963. The molecule has 1 fully saturated rings. The zero-order chi connectivity index (χ0) is 19.5. The predicted molar refractivity (Wildman–Crippen MR) is 107 cm³/mol. The van der Waals surface area contributed by atoms with E-state index >= 15 is 0 Å². The van der Waals surface area contributed by atoms with Crippen LogP contribution in [0.15, 0.2) is 29.3 Å². The maximum Gasteiger partial charge on any atom is 0.409 e. The van der Waals surface area contributed by atoms with Gasteiger partial charge in [-0.05, 0) is 51.3 Å². The maximum atomic E-state index is 11.8. The van der Waals surface area contributed by atoms with Crippen LogP contribution in [0.4, 0.5) is 4.79 Å². The number of piperidine rings is 1. The summed E-state index contributed by atoms with van der Waals surface area (Å²) in [7, 11) is 0. The predicted octanol–water partition coefficient (Wildman–Crippen LogP) is 2.76. The summed E-state index contributed by atoms with van der Waals surface area (Å²) in [6.07, 6.45) is 1.54. The number of hydrogen-bond donors (Lipinski definition) is 2. The molecule has 0 saturated carbocycles. The van der Waals surface area contributed by atoms with Gasteiger partial charge in [0.2, 0.25) is 0 Å². The summed E-state index contributed by atoms with van der Waals surface area (Å²) in [6.45, 7) is 9.71. The van der Waals surface area contributed by atoms with E-state index in [1.807, 2.05) is 38.1 Å². The van der Waals surface area contributed by atoms with Gasteiger partial charge < -0.3 is 25.0 Å². The summed E-state index contributed by atoms with van der Waals surface area (Å²) in [4.78, 5) is 18.3. The monoisotopic (exact) mass is 376 g/mol. The molecule has 0 atom stereocenters. The van der Waals surface area contributed by atoms with Crippen LogP contribution in [-0.2, 0) is 11.3 Å². The normalized spacial score (nSPS) is 15.4. The smallest absolute Gasteiger partial charge is 0.409 e. The van der Waals surface area contributed by atoms with Crippen LogP contribution in [0.5, 0.6) is 5.75 Å². The molecule has 1 aromatic carbocycles. The van der Waals surface area contributed by atoms with Gasteiger partial charge in [0.25, 0.3) is 0 Å². The Kier molecular flexibility index (Phi) is 8.74. The minimum absolute atomic E-state index is 0.217. The summed E-state index contributed by atoms with van der Waals surface area (Å²) in [5, 5.41) is 6.78. The number of likely N-dealkylation sites (tertiary alicyclic amines) is 1. The standard InChI is InChI=1S/C20H32N4O3/c1-4-21-19(22-15-16-8-7-9-18(14-16)26-5-2)23-17-10-12-24(13-11-17)20(25)27-6-3/h7-9,14,17H,4-6,10-13,15H2,1-3H3,(H2,21,22,23). The summed E-state index contributed by atoms with van der Waals surface area (Å²) in [5.74, 6) is 1.67. The fourth-order valence-electron chi connectivity index (χ4n) is 3.01. The van der Waals surface area contributed by atoms with Crippen molar-refractivity contribution in [3.63, 3.8) is 0 Å². The number of nitrogens with one attached hydrogen (secondary N) is 2. The summed E-state index contributed by atoms with van der Waals surface area (Å²) in [5.41, 5.74) is 1.11. The third kappa shape index (κ3) is 7.00.